The van der Waals surface area contributed by atoms with Gasteiger partial charge in [-0.1, -0.05) is 36.4 Å². The number of benzene rings is 3. The predicted octanol–water partition coefficient (Wildman–Crippen LogP) is 5.48. The van der Waals surface area contributed by atoms with Gasteiger partial charge in [0.15, 0.2) is 23.0 Å². The van der Waals surface area contributed by atoms with E-state index >= 15 is 0 Å². The van der Waals surface area contributed by atoms with Crippen LogP contribution in [-0.2, 0) is 19.7 Å². The quantitative estimate of drug-likeness (QED) is 0.451. The maximum atomic E-state index is 6.04. The minimum Gasteiger partial charge on any atom is -0.493 e. The number of hydrogen-bond acceptors (Lipinski definition) is 5. The Kier molecular flexibility index (Phi) is 7.85. The van der Waals surface area contributed by atoms with Crippen LogP contribution < -0.4 is 24.3 Å². The van der Waals surface area contributed by atoms with Crippen LogP contribution in [0.3, 0.4) is 0 Å². The van der Waals surface area contributed by atoms with Gasteiger partial charge in [0.1, 0.15) is 6.61 Å². The first-order valence-corrected chi connectivity index (χ1v) is 10.1. The number of methoxy groups -OCH3 is 1. The van der Waals surface area contributed by atoms with Gasteiger partial charge in [-0.2, -0.15) is 0 Å². The summed E-state index contributed by atoms with van der Waals surface area (Å²) in [7, 11) is 1.65. The number of rotatable bonds is 8. The molecule has 7 heteroatoms. The van der Waals surface area contributed by atoms with Crippen molar-refractivity contribution in [1.82, 2.24) is 5.32 Å². The van der Waals surface area contributed by atoms with Crippen LogP contribution in [-0.4, -0.2) is 13.9 Å². The van der Waals surface area contributed by atoms with Gasteiger partial charge in [0, 0.05) is 13.1 Å². The molecule has 1 N–H and O–H groups in total. The van der Waals surface area contributed by atoms with Crippen molar-refractivity contribution in [1.29, 1.82) is 0 Å². The van der Waals surface area contributed by atoms with Crippen LogP contribution in [0.15, 0.2) is 65.1 Å². The summed E-state index contributed by atoms with van der Waals surface area (Å²) in [5.74, 6) is 2.88. The third-order valence-electron chi connectivity index (χ3n) is 4.61. The largest absolute Gasteiger partial charge is 0.493 e. The van der Waals surface area contributed by atoms with Crippen molar-refractivity contribution >= 4 is 28.3 Å². The second-order valence-electron chi connectivity index (χ2n) is 6.67. The van der Waals surface area contributed by atoms with E-state index in [4.69, 9.17) is 18.9 Å². The maximum Gasteiger partial charge on any atom is 0.231 e. The zero-order valence-electron chi connectivity index (χ0n) is 16.5. The van der Waals surface area contributed by atoms with E-state index in [1.807, 2.05) is 42.5 Å². The first-order chi connectivity index (χ1) is 14.2. The summed E-state index contributed by atoms with van der Waals surface area (Å²) >= 11 is 3.62. The zero-order chi connectivity index (χ0) is 20.1. The standard InChI is InChI=1S/C23H22BrNO4.ClH/c1-26-22-11-18(13-25-12-16-5-3-2-4-6-16)9-19(24)23(22)27-14-17-7-8-20-21(10-17)29-15-28-20;/h2-11,25H,12-15H2,1H3;1H. The van der Waals surface area contributed by atoms with E-state index in [9.17, 15) is 0 Å². The molecule has 1 heterocycles. The monoisotopic (exact) mass is 491 g/mol. The molecule has 1 aliphatic rings. The molecule has 0 bridgehead atoms. The van der Waals surface area contributed by atoms with Crippen molar-refractivity contribution in [2.24, 2.45) is 0 Å². The van der Waals surface area contributed by atoms with E-state index in [0.717, 1.165) is 40.2 Å². The number of fused-ring (bicyclic) bond motifs is 1. The van der Waals surface area contributed by atoms with Crippen LogP contribution >= 0.6 is 28.3 Å². The molecule has 0 amide bonds. The third kappa shape index (κ3) is 5.39. The molecular weight excluding hydrogens is 470 g/mol. The minimum atomic E-state index is 0. The molecule has 4 rings (SSSR count). The average Bonchev–Trinajstić information content (AvgIpc) is 3.21. The molecule has 0 aliphatic carbocycles. The molecule has 0 fully saturated rings. The molecule has 158 valence electrons. The van der Waals surface area contributed by atoms with Crippen molar-refractivity contribution in [3.8, 4) is 23.0 Å². The molecule has 0 aromatic heterocycles. The van der Waals surface area contributed by atoms with Gasteiger partial charge in [0.05, 0.1) is 11.6 Å². The molecule has 30 heavy (non-hydrogen) atoms. The SMILES string of the molecule is COc1cc(CNCc2ccccc2)cc(Br)c1OCc1ccc2c(c1)OCO2.Cl. The van der Waals surface area contributed by atoms with Crippen LogP contribution in [0.25, 0.3) is 0 Å². The molecule has 0 atom stereocenters. The molecule has 0 spiro atoms. The Bertz CT molecular complexity index is 984. The molecule has 0 unspecified atom stereocenters. The molecule has 5 nitrogen and oxygen atoms in total. The summed E-state index contributed by atoms with van der Waals surface area (Å²) in [6.45, 7) is 2.20. The topological polar surface area (TPSA) is 49.0 Å². The first kappa shape index (κ1) is 22.3. The Morgan fingerprint density at radius 3 is 2.47 bits per heavy atom. The van der Waals surface area contributed by atoms with Gasteiger partial charge in [-0.05, 0) is 56.9 Å². The normalized spacial score (nSPS) is 11.7. The highest BCUT2D eigenvalue weighted by Gasteiger charge is 2.15. The highest BCUT2D eigenvalue weighted by atomic mass is 79.9. The fourth-order valence-electron chi connectivity index (χ4n) is 3.15. The fraction of sp³-hybridized carbons (Fsp3) is 0.217. The van der Waals surface area contributed by atoms with Crippen molar-refractivity contribution in [2.45, 2.75) is 19.7 Å². The van der Waals surface area contributed by atoms with Gasteiger partial charge >= 0.3 is 0 Å². The summed E-state index contributed by atoms with van der Waals surface area (Å²) in [6, 6.07) is 20.2. The number of halogens is 2. The van der Waals surface area contributed by atoms with Crippen molar-refractivity contribution in [2.75, 3.05) is 13.9 Å². The van der Waals surface area contributed by atoms with E-state index in [-0.39, 0.29) is 19.2 Å². The van der Waals surface area contributed by atoms with Gasteiger partial charge < -0.3 is 24.3 Å². The van der Waals surface area contributed by atoms with Crippen LogP contribution in [0, 0.1) is 0 Å². The Labute approximate surface area is 190 Å². The Morgan fingerprint density at radius 1 is 0.900 bits per heavy atom. The number of nitrogens with one attached hydrogen (secondary N) is 1. The van der Waals surface area contributed by atoms with E-state index < -0.39 is 0 Å². The third-order valence-corrected chi connectivity index (χ3v) is 5.20. The summed E-state index contributed by atoms with van der Waals surface area (Å²) in [6.07, 6.45) is 0. The lowest BCUT2D eigenvalue weighted by atomic mass is 10.1. The maximum absolute atomic E-state index is 6.04. The zero-order valence-corrected chi connectivity index (χ0v) is 18.9. The van der Waals surface area contributed by atoms with Gasteiger partial charge in [-0.25, -0.2) is 0 Å². The highest BCUT2D eigenvalue weighted by molar-refractivity contribution is 9.10. The molecule has 3 aromatic carbocycles. The second-order valence-corrected chi connectivity index (χ2v) is 7.53. The molecule has 3 aromatic rings. The number of ether oxygens (including phenoxy) is 4. The van der Waals surface area contributed by atoms with Crippen LogP contribution in [0.1, 0.15) is 16.7 Å². The summed E-state index contributed by atoms with van der Waals surface area (Å²) in [5.41, 5.74) is 3.36. The van der Waals surface area contributed by atoms with Crippen molar-refractivity contribution in [3.63, 3.8) is 0 Å². The second kappa shape index (κ2) is 10.6. The molecule has 0 saturated carbocycles. The molecule has 0 saturated heterocycles. The van der Waals surface area contributed by atoms with Crippen LogP contribution in [0.4, 0.5) is 0 Å². The number of hydrogen-bond donors (Lipinski definition) is 1. The van der Waals surface area contributed by atoms with E-state index in [2.05, 4.69) is 39.4 Å². The van der Waals surface area contributed by atoms with Crippen LogP contribution in [0.2, 0.25) is 0 Å². The molecule has 1 aliphatic heterocycles. The summed E-state index contributed by atoms with van der Waals surface area (Å²) in [4.78, 5) is 0. The van der Waals surface area contributed by atoms with Crippen molar-refractivity contribution in [3.05, 3.63) is 81.8 Å². The lowest BCUT2D eigenvalue weighted by Crippen LogP contribution is -2.12. The van der Waals surface area contributed by atoms with Gasteiger partial charge in [-0.15, -0.1) is 12.4 Å². The lowest BCUT2D eigenvalue weighted by Gasteiger charge is -2.15. The highest BCUT2D eigenvalue weighted by Crippen LogP contribution is 2.38. The molecular formula is C23H23BrClNO4. The van der Waals surface area contributed by atoms with Gasteiger partial charge in [-0.3, -0.25) is 0 Å². The van der Waals surface area contributed by atoms with Crippen molar-refractivity contribution < 1.29 is 18.9 Å². The Hall–Kier alpha value is -2.41. The first-order valence-electron chi connectivity index (χ1n) is 9.35. The molecule has 0 radical (unpaired) electrons. The Balaban J connectivity index is 0.00000256. The summed E-state index contributed by atoms with van der Waals surface area (Å²) < 4.78 is 23.2. The van der Waals surface area contributed by atoms with Crippen LogP contribution in [0.5, 0.6) is 23.0 Å². The smallest absolute Gasteiger partial charge is 0.231 e. The minimum absolute atomic E-state index is 0. The van der Waals surface area contributed by atoms with Gasteiger partial charge in [0.2, 0.25) is 6.79 Å². The summed E-state index contributed by atoms with van der Waals surface area (Å²) in [5, 5.41) is 3.45. The average molecular weight is 493 g/mol. The predicted molar refractivity (Wildman–Crippen MR) is 122 cm³/mol. The van der Waals surface area contributed by atoms with E-state index in [1.165, 1.54) is 5.56 Å². The Morgan fingerprint density at radius 2 is 1.67 bits per heavy atom. The van der Waals surface area contributed by atoms with E-state index in [0.29, 0.717) is 18.1 Å². The lowest BCUT2D eigenvalue weighted by molar-refractivity contribution is 0.174. The van der Waals surface area contributed by atoms with Gasteiger partial charge in [0.25, 0.3) is 0 Å². The van der Waals surface area contributed by atoms with E-state index in [1.54, 1.807) is 7.11 Å². The fourth-order valence-corrected chi connectivity index (χ4v) is 3.75.